The minimum absolute atomic E-state index is 1.02. The quantitative estimate of drug-likeness (QED) is 0.314. The van der Waals surface area contributed by atoms with Crippen LogP contribution >= 0.6 is 79.6 Å². The minimum atomic E-state index is 1.02. The second-order valence-corrected chi connectivity index (χ2v) is 6.76. The van der Waals surface area contributed by atoms with E-state index < -0.39 is 0 Å². The zero-order valence-corrected chi connectivity index (χ0v) is 15.2. The highest BCUT2D eigenvalue weighted by Gasteiger charge is 2.16. The summed E-state index contributed by atoms with van der Waals surface area (Å²) in [5.41, 5.74) is 1.29. The Morgan fingerprint density at radius 1 is 0.714 bits per heavy atom. The summed E-state index contributed by atoms with van der Waals surface area (Å²) in [7, 11) is 0. The van der Waals surface area contributed by atoms with Crippen LogP contribution in [0.2, 0.25) is 0 Å². The van der Waals surface area contributed by atoms with E-state index >= 15 is 0 Å². The lowest BCUT2D eigenvalue weighted by Crippen LogP contribution is -1.91. The van der Waals surface area contributed by atoms with Crippen LogP contribution in [-0.2, 0) is 6.42 Å². The van der Waals surface area contributed by atoms with Crippen LogP contribution < -0.4 is 0 Å². The van der Waals surface area contributed by atoms with Gasteiger partial charge in [0, 0.05) is 22.4 Å². The molecule has 0 aromatic heterocycles. The Bertz CT molecular complexity index is 330. The van der Waals surface area contributed by atoms with Gasteiger partial charge >= 0.3 is 0 Å². The smallest absolute Gasteiger partial charge is 0.0482 e. The molecule has 78 valence electrons. The summed E-state index contributed by atoms with van der Waals surface area (Å²) < 4.78 is 5.35. The maximum Gasteiger partial charge on any atom is 0.0482 e. The molecule has 0 heterocycles. The molecule has 5 heteroatoms. The SMILES string of the molecule is CCCc1c(Br)c(Br)c(Br)c(Br)c1Br. The Morgan fingerprint density at radius 2 is 1.07 bits per heavy atom. The molecule has 0 aliphatic heterocycles. The second kappa shape index (κ2) is 5.80. The average Bonchev–Trinajstić information content (AvgIpc) is 2.19. The van der Waals surface area contributed by atoms with E-state index in [9.17, 15) is 0 Å². The summed E-state index contributed by atoms with van der Waals surface area (Å²) >= 11 is 17.8. The van der Waals surface area contributed by atoms with Gasteiger partial charge in [-0.2, -0.15) is 0 Å². The van der Waals surface area contributed by atoms with Gasteiger partial charge in [-0.15, -0.1) is 0 Å². The molecule has 14 heavy (non-hydrogen) atoms. The number of hydrogen-bond acceptors (Lipinski definition) is 0. The van der Waals surface area contributed by atoms with Crippen molar-refractivity contribution in [1.29, 1.82) is 0 Å². The predicted octanol–water partition coefficient (Wildman–Crippen LogP) is 6.45. The third-order valence-corrected chi connectivity index (χ3v) is 8.06. The molecule has 0 unspecified atom stereocenters. The molecule has 0 saturated heterocycles. The van der Waals surface area contributed by atoms with Gasteiger partial charge in [-0.1, -0.05) is 13.3 Å². The van der Waals surface area contributed by atoms with E-state index in [1.807, 2.05) is 0 Å². The van der Waals surface area contributed by atoms with Crippen LogP contribution in [0.4, 0.5) is 0 Å². The Hall–Kier alpha value is 1.62. The minimum Gasteiger partial charge on any atom is -0.0651 e. The highest BCUT2D eigenvalue weighted by atomic mass is 79.9. The molecule has 0 N–H and O–H groups in total. The number of rotatable bonds is 2. The molecular formula is C9H7Br5. The second-order valence-electron chi connectivity index (χ2n) is 2.80. The van der Waals surface area contributed by atoms with E-state index in [1.54, 1.807) is 0 Å². The van der Waals surface area contributed by atoms with Gasteiger partial charge in [-0.25, -0.2) is 0 Å². The molecule has 0 fully saturated rings. The molecule has 0 atom stereocenters. The Labute approximate surface area is 126 Å². The molecule has 0 aliphatic carbocycles. The third kappa shape index (κ3) is 2.65. The van der Waals surface area contributed by atoms with Gasteiger partial charge in [0.05, 0.1) is 0 Å². The molecule has 0 amide bonds. The summed E-state index contributed by atoms with van der Waals surface area (Å²) in [5, 5.41) is 0. The molecule has 1 aromatic rings. The Balaban J connectivity index is 3.43. The third-order valence-electron chi connectivity index (χ3n) is 1.80. The first kappa shape index (κ1) is 13.7. The largest absolute Gasteiger partial charge is 0.0651 e. The van der Waals surface area contributed by atoms with Crippen molar-refractivity contribution in [3.8, 4) is 0 Å². The van der Waals surface area contributed by atoms with E-state index in [1.165, 1.54) is 5.56 Å². The molecule has 0 aliphatic rings. The maximum absolute atomic E-state index is 3.59. The van der Waals surface area contributed by atoms with Crippen LogP contribution in [0.3, 0.4) is 0 Å². The molecule has 0 saturated carbocycles. The number of benzene rings is 1. The zero-order valence-electron chi connectivity index (χ0n) is 7.30. The normalized spacial score (nSPS) is 10.7. The van der Waals surface area contributed by atoms with Crippen molar-refractivity contribution in [3.05, 3.63) is 27.9 Å². The standard InChI is InChI=1S/C9H7Br5/c1-2-3-4-5(10)7(12)9(14)8(13)6(4)11/h2-3H2,1H3. The van der Waals surface area contributed by atoms with Crippen molar-refractivity contribution in [2.75, 3.05) is 0 Å². The number of hydrogen-bond donors (Lipinski definition) is 0. The summed E-state index contributed by atoms with van der Waals surface area (Å²) in [4.78, 5) is 0. The summed E-state index contributed by atoms with van der Waals surface area (Å²) in [6.45, 7) is 2.17. The molecule has 1 aromatic carbocycles. The van der Waals surface area contributed by atoms with Crippen molar-refractivity contribution in [2.24, 2.45) is 0 Å². The van der Waals surface area contributed by atoms with E-state index in [4.69, 9.17) is 0 Å². The highest BCUT2D eigenvalue weighted by molar-refractivity contribution is 9.15. The van der Waals surface area contributed by atoms with Gasteiger partial charge in [0.1, 0.15) is 0 Å². The summed E-state index contributed by atoms with van der Waals surface area (Å²) in [6, 6.07) is 0. The van der Waals surface area contributed by atoms with Crippen LogP contribution in [0, 0.1) is 0 Å². The van der Waals surface area contributed by atoms with Gasteiger partial charge in [0.15, 0.2) is 0 Å². The Kier molecular flexibility index (Phi) is 5.67. The first-order valence-electron chi connectivity index (χ1n) is 4.01. The van der Waals surface area contributed by atoms with Gasteiger partial charge in [0.2, 0.25) is 0 Å². The molecule has 0 spiro atoms. The van der Waals surface area contributed by atoms with Crippen LogP contribution in [0.1, 0.15) is 18.9 Å². The van der Waals surface area contributed by atoms with Crippen LogP contribution in [0.15, 0.2) is 22.4 Å². The monoisotopic (exact) mass is 510 g/mol. The topological polar surface area (TPSA) is 0 Å². The van der Waals surface area contributed by atoms with E-state index in [-0.39, 0.29) is 0 Å². The first-order valence-corrected chi connectivity index (χ1v) is 7.97. The lowest BCUT2D eigenvalue weighted by Gasteiger charge is -2.12. The van der Waals surface area contributed by atoms with Crippen molar-refractivity contribution in [3.63, 3.8) is 0 Å². The van der Waals surface area contributed by atoms with Gasteiger partial charge in [0.25, 0.3) is 0 Å². The lowest BCUT2D eigenvalue weighted by atomic mass is 10.1. The zero-order chi connectivity index (χ0) is 10.9. The first-order chi connectivity index (χ1) is 6.50. The van der Waals surface area contributed by atoms with Gasteiger partial charge in [-0.3, -0.25) is 0 Å². The van der Waals surface area contributed by atoms with Gasteiger partial charge < -0.3 is 0 Å². The summed E-state index contributed by atoms with van der Waals surface area (Å²) in [5.74, 6) is 0. The number of halogens is 5. The fraction of sp³-hybridized carbons (Fsp3) is 0.333. The van der Waals surface area contributed by atoms with Crippen LogP contribution in [0.5, 0.6) is 0 Å². The van der Waals surface area contributed by atoms with Crippen molar-refractivity contribution in [1.82, 2.24) is 0 Å². The van der Waals surface area contributed by atoms with Gasteiger partial charge in [-0.05, 0) is 91.6 Å². The highest BCUT2D eigenvalue weighted by Crippen LogP contribution is 2.44. The van der Waals surface area contributed by atoms with Crippen LogP contribution in [0.25, 0.3) is 0 Å². The molecule has 0 bridgehead atoms. The molecular weight excluding hydrogens is 508 g/mol. The van der Waals surface area contributed by atoms with Crippen molar-refractivity contribution < 1.29 is 0 Å². The fourth-order valence-corrected chi connectivity index (χ4v) is 4.65. The maximum atomic E-state index is 3.59. The van der Waals surface area contributed by atoms with E-state index in [0.29, 0.717) is 0 Å². The van der Waals surface area contributed by atoms with E-state index in [2.05, 4.69) is 86.6 Å². The molecule has 0 radical (unpaired) electrons. The lowest BCUT2D eigenvalue weighted by molar-refractivity contribution is 0.908. The average molecular weight is 515 g/mol. The molecule has 1 rings (SSSR count). The van der Waals surface area contributed by atoms with E-state index in [0.717, 1.165) is 35.2 Å². The van der Waals surface area contributed by atoms with Crippen LogP contribution in [-0.4, -0.2) is 0 Å². The van der Waals surface area contributed by atoms with Crippen molar-refractivity contribution >= 4 is 79.6 Å². The molecule has 0 nitrogen and oxygen atoms in total. The summed E-state index contributed by atoms with van der Waals surface area (Å²) in [6.07, 6.45) is 2.17. The Morgan fingerprint density at radius 3 is 1.43 bits per heavy atom. The van der Waals surface area contributed by atoms with Crippen molar-refractivity contribution in [2.45, 2.75) is 19.8 Å². The predicted molar refractivity (Wildman–Crippen MR) is 78.9 cm³/mol. The fourth-order valence-electron chi connectivity index (χ4n) is 1.12.